The molecule has 0 spiro atoms. The third-order valence-electron chi connectivity index (χ3n) is 12.3. The summed E-state index contributed by atoms with van der Waals surface area (Å²) in [5.41, 5.74) is 13.2. The van der Waals surface area contributed by atoms with E-state index in [-0.39, 0.29) is 5.41 Å². The molecular formula is C53H34S2. The number of fused-ring (bicyclic) bond motifs is 11. The summed E-state index contributed by atoms with van der Waals surface area (Å²) in [5, 5.41) is 10.5. The molecular weight excluding hydrogens is 701 g/mol. The zero-order valence-corrected chi connectivity index (χ0v) is 32.1. The Hall–Kier alpha value is -6.06. The van der Waals surface area contributed by atoms with Crippen molar-refractivity contribution in [2.45, 2.75) is 19.3 Å². The number of hydrogen-bond acceptors (Lipinski definition) is 2. The van der Waals surface area contributed by atoms with E-state index in [1.165, 1.54) is 118 Å². The molecule has 0 radical (unpaired) electrons. The molecule has 258 valence electrons. The number of thiophene rings is 2. The molecule has 0 amide bonds. The molecule has 1 aliphatic rings. The molecule has 0 N–H and O–H groups in total. The monoisotopic (exact) mass is 734 g/mol. The lowest BCUT2D eigenvalue weighted by Crippen LogP contribution is -2.14. The fourth-order valence-electron chi connectivity index (χ4n) is 9.89. The van der Waals surface area contributed by atoms with Crippen LogP contribution in [0.4, 0.5) is 0 Å². The Morgan fingerprint density at radius 3 is 1.35 bits per heavy atom. The van der Waals surface area contributed by atoms with Crippen LogP contribution < -0.4 is 0 Å². The van der Waals surface area contributed by atoms with Crippen LogP contribution in [0.5, 0.6) is 0 Å². The highest BCUT2D eigenvalue weighted by molar-refractivity contribution is 7.26. The molecule has 0 bridgehead atoms. The van der Waals surface area contributed by atoms with Gasteiger partial charge in [0.15, 0.2) is 0 Å². The highest BCUT2D eigenvalue weighted by Gasteiger charge is 2.37. The Bertz CT molecular complexity index is 3240. The van der Waals surface area contributed by atoms with Crippen molar-refractivity contribution in [1.82, 2.24) is 0 Å². The van der Waals surface area contributed by atoms with Gasteiger partial charge < -0.3 is 0 Å². The molecule has 0 atom stereocenters. The molecule has 0 nitrogen and oxygen atoms in total. The molecule has 12 rings (SSSR count). The highest BCUT2D eigenvalue weighted by atomic mass is 32.1. The minimum atomic E-state index is -0.0933. The maximum absolute atomic E-state index is 2.51. The summed E-state index contributed by atoms with van der Waals surface area (Å²) >= 11 is 3.78. The van der Waals surface area contributed by atoms with E-state index in [1.54, 1.807) is 0 Å². The molecule has 0 aliphatic heterocycles. The maximum Gasteiger partial charge on any atom is 0.0361 e. The van der Waals surface area contributed by atoms with Gasteiger partial charge in [-0.1, -0.05) is 153 Å². The zero-order valence-electron chi connectivity index (χ0n) is 30.5. The van der Waals surface area contributed by atoms with Crippen LogP contribution in [0.15, 0.2) is 170 Å². The summed E-state index contributed by atoms with van der Waals surface area (Å²) in [5.74, 6) is 0. The lowest BCUT2D eigenvalue weighted by atomic mass is 9.80. The fourth-order valence-corrected chi connectivity index (χ4v) is 12.2. The predicted molar refractivity (Wildman–Crippen MR) is 241 cm³/mol. The van der Waals surface area contributed by atoms with Crippen molar-refractivity contribution in [2.75, 3.05) is 0 Å². The molecule has 2 heteroatoms. The first kappa shape index (κ1) is 31.3. The lowest BCUT2D eigenvalue weighted by Gasteiger charge is -2.22. The van der Waals surface area contributed by atoms with Crippen molar-refractivity contribution in [3.63, 3.8) is 0 Å². The second-order valence-electron chi connectivity index (χ2n) is 15.5. The third kappa shape index (κ3) is 4.33. The largest absolute Gasteiger partial charge is 0.135 e. The molecule has 55 heavy (non-hydrogen) atoms. The number of benzene rings is 9. The minimum Gasteiger partial charge on any atom is -0.135 e. The summed E-state index contributed by atoms with van der Waals surface area (Å²) in [6.07, 6.45) is 0. The van der Waals surface area contributed by atoms with E-state index in [0.29, 0.717) is 0 Å². The molecule has 11 aromatic rings. The number of hydrogen-bond donors (Lipinski definition) is 0. The molecule has 2 aromatic heterocycles. The van der Waals surface area contributed by atoms with Crippen molar-refractivity contribution < 1.29 is 0 Å². The molecule has 0 fully saturated rings. The second kappa shape index (κ2) is 11.5. The molecule has 0 unspecified atom stereocenters. The van der Waals surface area contributed by atoms with Gasteiger partial charge in [-0.3, -0.25) is 0 Å². The number of rotatable bonds is 3. The first-order valence-electron chi connectivity index (χ1n) is 19.1. The van der Waals surface area contributed by atoms with E-state index in [0.717, 1.165) is 0 Å². The van der Waals surface area contributed by atoms with Crippen molar-refractivity contribution in [3.8, 4) is 44.5 Å². The summed E-state index contributed by atoms with van der Waals surface area (Å²) in [6.45, 7) is 4.77. The van der Waals surface area contributed by atoms with Gasteiger partial charge in [-0.15, -0.1) is 22.7 Å². The van der Waals surface area contributed by atoms with Crippen molar-refractivity contribution in [2.24, 2.45) is 0 Å². The van der Waals surface area contributed by atoms with Gasteiger partial charge in [0.05, 0.1) is 0 Å². The van der Waals surface area contributed by atoms with E-state index >= 15 is 0 Å². The van der Waals surface area contributed by atoms with Crippen LogP contribution in [0.25, 0.3) is 106 Å². The topological polar surface area (TPSA) is 0 Å². The average molecular weight is 735 g/mol. The molecule has 0 saturated heterocycles. The Labute approximate surface area is 327 Å². The summed E-state index contributed by atoms with van der Waals surface area (Å²) < 4.78 is 5.31. The fraction of sp³-hybridized carbons (Fsp3) is 0.0566. The van der Waals surface area contributed by atoms with Gasteiger partial charge in [-0.2, -0.15) is 0 Å². The highest BCUT2D eigenvalue weighted by Crippen LogP contribution is 2.55. The first-order chi connectivity index (χ1) is 27.1. The smallest absolute Gasteiger partial charge is 0.0361 e. The van der Waals surface area contributed by atoms with E-state index in [4.69, 9.17) is 0 Å². The predicted octanol–water partition coefficient (Wildman–Crippen LogP) is 16.0. The van der Waals surface area contributed by atoms with Gasteiger partial charge in [0.25, 0.3) is 0 Å². The summed E-state index contributed by atoms with van der Waals surface area (Å²) in [6, 6.07) is 64.1. The lowest BCUT2D eigenvalue weighted by molar-refractivity contribution is 0.660. The molecule has 0 saturated carbocycles. The third-order valence-corrected chi connectivity index (χ3v) is 14.6. The summed E-state index contributed by atoms with van der Waals surface area (Å²) in [7, 11) is 0. The van der Waals surface area contributed by atoms with Crippen LogP contribution in [0.1, 0.15) is 25.0 Å². The van der Waals surface area contributed by atoms with Gasteiger partial charge in [-0.05, 0) is 108 Å². The summed E-state index contributed by atoms with van der Waals surface area (Å²) in [4.78, 5) is 0. The minimum absolute atomic E-state index is 0.0933. The molecule has 1 aliphatic carbocycles. The maximum atomic E-state index is 2.51. The van der Waals surface area contributed by atoms with Crippen LogP contribution >= 0.6 is 22.7 Å². The van der Waals surface area contributed by atoms with Gasteiger partial charge in [-0.25, -0.2) is 0 Å². The van der Waals surface area contributed by atoms with Crippen molar-refractivity contribution >= 4 is 84.6 Å². The van der Waals surface area contributed by atoms with Crippen LogP contribution in [0.3, 0.4) is 0 Å². The Kier molecular flexibility index (Phi) is 6.53. The molecule has 2 heterocycles. The van der Waals surface area contributed by atoms with Crippen LogP contribution in [-0.2, 0) is 5.41 Å². The Morgan fingerprint density at radius 2 is 0.727 bits per heavy atom. The van der Waals surface area contributed by atoms with Gasteiger partial charge in [0, 0.05) is 45.8 Å². The van der Waals surface area contributed by atoms with E-state index in [9.17, 15) is 0 Å². The van der Waals surface area contributed by atoms with E-state index in [2.05, 4.69) is 184 Å². The molecule has 9 aromatic carbocycles. The van der Waals surface area contributed by atoms with Crippen molar-refractivity contribution in [3.05, 3.63) is 181 Å². The van der Waals surface area contributed by atoms with Crippen LogP contribution in [0.2, 0.25) is 0 Å². The van der Waals surface area contributed by atoms with E-state index < -0.39 is 0 Å². The van der Waals surface area contributed by atoms with Gasteiger partial charge in [0.2, 0.25) is 0 Å². The quantitative estimate of drug-likeness (QED) is 0.159. The van der Waals surface area contributed by atoms with Gasteiger partial charge in [0.1, 0.15) is 0 Å². The van der Waals surface area contributed by atoms with Crippen LogP contribution in [-0.4, -0.2) is 0 Å². The Morgan fingerprint density at radius 1 is 0.309 bits per heavy atom. The SMILES string of the molecule is CC1(C)c2ccccc2-c2c(-c3c4cccc(-c5cccc6sc7ccccc7c56)c4cc4c(-c5cccc6sc7ccccc7c56)cccc34)cccc21. The normalized spacial score (nSPS) is 13.4. The Balaban J connectivity index is 1.26. The zero-order chi connectivity index (χ0) is 36.4. The average Bonchev–Trinajstić information content (AvgIpc) is 3.87. The second-order valence-corrected chi connectivity index (χ2v) is 17.7. The van der Waals surface area contributed by atoms with Crippen LogP contribution in [0, 0.1) is 0 Å². The van der Waals surface area contributed by atoms with E-state index in [1.807, 2.05) is 22.7 Å². The van der Waals surface area contributed by atoms with Crippen molar-refractivity contribution in [1.29, 1.82) is 0 Å². The van der Waals surface area contributed by atoms with Gasteiger partial charge >= 0.3 is 0 Å². The first-order valence-corrected chi connectivity index (χ1v) is 20.7. The standard InChI is InChI=1S/C53H34S2/c1-53(2)43-24-6-3-14-37(43)50-40(23-11-25-44(50)53)49-35-19-9-17-31(33-21-12-28-47-51(33)38-15-4-7-26-45(38)54-47)41(35)30-42-32(18-10-20-36(42)49)34-22-13-29-48-52(34)39-16-5-8-27-46(39)55-48/h3-30H,1-2H3.